The Morgan fingerprint density at radius 3 is 2.08 bits per heavy atom. The minimum atomic E-state index is -1.32. The minimum absolute atomic E-state index is 0. The van der Waals surface area contributed by atoms with Gasteiger partial charge >= 0.3 is 24.2 Å². The molecule has 0 spiro atoms. The van der Waals surface area contributed by atoms with Gasteiger partial charge in [-0.25, -0.2) is 9.59 Å². The van der Waals surface area contributed by atoms with Crippen LogP contribution in [0.3, 0.4) is 0 Å². The third-order valence-corrected chi connectivity index (χ3v) is 9.37. The number of esters is 2. The van der Waals surface area contributed by atoms with Crippen molar-refractivity contribution in [1.29, 1.82) is 0 Å². The fraction of sp³-hybridized carbons (Fsp3) is 0.649. The summed E-state index contributed by atoms with van der Waals surface area (Å²) in [7, 11) is 1.62. The van der Waals surface area contributed by atoms with Crippen LogP contribution < -0.4 is 10.2 Å². The molecule has 1 fully saturated rings. The van der Waals surface area contributed by atoms with E-state index >= 15 is 0 Å². The summed E-state index contributed by atoms with van der Waals surface area (Å²) in [6.45, 7) is 9.11. The highest BCUT2D eigenvalue weighted by Crippen LogP contribution is 2.45. The SMILES string of the molecule is CCOC(=O)OC(C)OC(=O)CN1C(=O)[C@@H](NC(=O)C2(CC(CC(=O)N(C)C(C)C)C(=O)OC(C)OC(=O)OCC)CCCC2)CCc2ccccc21.[HH]. The van der Waals surface area contributed by atoms with Crippen molar-refractivity contribution in [2.24, 2.45) is 11.3 Å². The molecule has 3 amide bonds. The van der Waals surface area contributed by atoms with Crippen LogP contribution in [0.1, 0.15) is 93.5 Å². The molecule has 3 rings (SSSR count). The van der Waals surface area contributed by atoms with E-state index < -0.39 is 72.6 Å². The molecule has 4 atom stereocenters. The maximum absolute atomic E-state index is 14.4. The lowest BCUT2D eigenvalue weighted by Crippen LogP contribution is -2.53. The fourth-order valence-corrected chi connectivity index (χ4v) is 6.49. The fourth-order valence-electron chi connectivity index (χ4n) is 6.49. The normalized spacial score (nSPS) is 18.0. The first-order chi connectivity index (χ1) is 25.1. The topological polar surface area (TPSA) is 193 Å². The van der Waals surface area contributed by atoms with Gasteiger partial charge in [0.2, 0.25) is 30.3 Å². The summed E-state index contributed by atoms with van der Waals surface area (Å²) in [6.07, 6.45) is -2.23. The number of carbonyl (C=O) groups excluding carboxylic acids is 7. The maximum Gasteiger partial charge on any atom is 0.511 e. The van der Waals surface area contributed by atoms with Crippen LogP contribution in [-0.2, 0) is 58.8 Å². The predicted octanol–water partition coefficient (Wildman–Crippen LogP) is 4.64. The Hall–Kier alpha value is -4.89. The first kappa shape index (κ1) is 42.5. The summed E-state index contributed by atoms with van der Waals surface area (Å²) < 4.78 is 30.0. The Kier molecular flexibility index (Phi) is 15.9. The van der Waals surface area contributed by atoms with E-state index in [1.54, 1.807) is 39.1 Å². The number of aryl methyl sites for hydroxylation is 1. The average Bonchev–Trinajstić information content (AvgIpc) is 3.53. The number of anilines is 1. The van der Waals surface area contributed by atoms with Gasteiger partial charge in [0, 0.05) is 40.5 Å². The average molecular weight is 750 g/mol. The van der Waals surface area contributed by atoms with Gasteiger partial charge in [-0.1, -0.05) is 31.0 Å². The van der Waals surface area contributed by atoms with Crippen molar-refractivity contribution in [3.05, 3.63) is 29.8 Å². The number of fused-ring (bicyclic) bond motifs is 1. The van der Waals surface area contributed by atoms with Gasteiger partial charge in [-0.05, 0) is 71.4 Å². The summed E-state index contributed by atoms with van der Waals surface area (Å²) in [5.41, 5.74) is 0.108. The highest BCUT2D eigenvalue weighted by atomic mass is 16.8. The summed E-state index contributed by atoms with van der Waals surface area (Å²) in [6, 6.07) is 5.83. The lowest BCUT2D eigenvalue weighted by Gasteiger charge is -2.34. The number of nitrogens with one attached hydrogen (secondary N) is 1. The van der Waals surface area contributed by atoms with Gasteiger partial charge in [0.25, 0.3) is 0 Å². The third-order valence-electron chi connectivity index (χ3n) is 9.37. The van der Waals surface area contributed by atoms with E-state index in [9.17, 15) is 33.6 Å². The number of benzene rings is 1. The summed E-state index contributed by atoms with van der Waals surface area (Å²) in [5.74, 6) is -4.12. The largest absolute Gasteiger partial charge is 0.511 e. The van der Waals surface area contributed by atoms with Gasteiger partial charge in [0.05, 0.1) is 24.5 Å². The number of rotatable bonds is 16. The molecule has 0 aromatic heterocycles. The molecule has 296 valence electrons. The van der Waals surface area contributed by atoms with Crippen LogP contribution in [0.2, 0.25) is 0 Å². The summed E-state index contributed by atoms with van der Waals surface area (Å²) >= 11 is 0. The molecule has 1 aliphatic carbocycles. The van der Waals surface area contributed by atoms with Crippen molar-refractivity contribution in [2.45, 2.75) is 118 Å². The molecule has 0 radical (unpaired) electrons. The molecule has 2 aliphatic rings. The number of amides is 3. The lowest BCUT2D eigenvalue weighted by molar-refractivity contribution is -0.175. The van der Waals surface area contributed by atoms with Crippen molar-refractivity contribution in [2.75, 3.05) is 31.7 Å². The monoisotopic (exact) mass is 749 g/mol. The van der Waals surface area contributed by atoms with Crippen LogP contribution in [0.15, 0.2) is 24.3 Å². The number of para-hydroxylation sites is 1. The molecule has 16 nitrogen and oxygen atoms in total. The number of hydrogen-bond acceptors (Lipinski definition) is 13. The Morgan fingerprint density at radius 2 is 1.49 bits per heavy atom. The van der Waals surface area contributed by atoms with E-state index in [4.69, 9.17) is 28.4 Å². The van der Waals surface area contributed by atoms with E-state index in [1.165, 1.54) is 23.6 Å². The van der Waals surface area contributed by atoms with E-state index in [-0.39, 0.29) is 45.9 Å². The Bertz CT molecular complexity index is 1480. The lowest BCUT2D eigenvalue weighted by atomic mass is 9.75. The molecule has 0 bridgehead atoms. The quantitative estimate of drug-likeness (QED) is 0.140. The molecule has 1 N–H and O–H groups in total. The molecular formula is C37H55N3O13. The molecule has 1 heterocycles. The molecule has 16 heteroatoms. The zero-order chi connectivity index (χ0) is 39.3. The van der Waals surface area contributed by atoms with Gasteiger partial charge < -0.3 is 38.6 Å². The van der Waals surface area contributed by atoms with Crippen molar-refractivity contribution >= 4 is 47.7 Å². The second-order valence-corrected chi connectivity index (χ2v) is 13.5. The number of carbonyl (C=O) groups is 7. The summed E-state index contributed by atoms with van der Waals surface area (Å²) in [4.78, 5) is 94.6. The highest BCUT2D eigenvalue weighted by molar-refractivity contribution is 6.03. The molecule has 0 saturated heterocycles. The Balaban J connectivity index is 0.0000101. The van der Waals surface area contributed by atoms with E-state index in [0.717, 1.165) is 5.56 Å². The Morgan fingerprint density at radius 1 is 0.906 bits per heavy atom. The van der Waals surface area contributed by atoms with Crippen LogP contribution in [0, 0.1) is 11.3 Å². The number of nitrogens with zero attached hydrogens (tertiary/aromatic N) is 2. The smallest absolute Gasteiger partial charge is 0.435 e. The van der Waals surface area contributed by atoms with Crippen molar-refractivity contribution < 1.29 is 63.4 Å². The highest BCUT2D eigenvalue weighted by Gasteiger charge is 2.47. The van der Waals surface area contributed by atoms with E-state index in [1.807, 2.05) is 19.9 Å². The zero-order valence-corrected chi connectivity index (χ0v) is 31.7. The predicted molar refractivity (Wildman–Crippen MR) is 190 cm³/mol. The standard InChI is InChI=1S/C37H53N3O13.H2/c1-8-48-35(46)52-24(5)50-31(42)22-40-29-15-11-10-14-26(29)16-17-28(32(40)43)38-34(45)37(18-12-13-19-37)21-27(20-30(41)39(7)23(3)4)33(44)51-25(6)53-36(47)49-9-2;/h10-11,14-15,23-25,27-28H,8-9,12-13,16-22H2,1-7H3,(H,38,45);1H/t24?,25?,27?,28-;/m0./s1. The van der Waals surface area contributed by atoms with Crippen molar-refractivity contribution in [3.63, 3.8) is 0 Å². The minimum Gasteiger partial charge on any atom is -0.435 e. The molecule has 1 aromatic carbocycles. The van der Waals surface area contributed by atoms with Crippen molar-refractivity contribution in [1.82, 2.24) is 10.2 Å². The second-order valence-electron chi connectivity index (χ2n) is 13.5. The first-order valence-electron chi connectivity index (χ1n) is 18.1. The van der Waals surface area contributed by atoms with Gasteiger partial charge in [-0.2, -0.15) is 0 Å². The van der Waals surface area contributed by atoms with Crippen LogP contribution in [-0.4, -0.2) is 98.3 Å². The maximum atomic E-state index is 14.4. The zero-order valence-electron chi connectivity index (χ0n) is 31.7. The van der Waals surface area contributed by atoms with Crippen molar-refractivity contribution in [3.8, 4) is 0 Å². The van der Waals surface area contributed by atoms with E-state index in [2.05, 4.69) is 5.32 Å². The van der Waals surface area contributed by atoms with E-state index in [0.29, 0.717) is 37.8 Å². The molecule has 3 unspecified atom stereocenters. The van der Waals surface area contributed by atoms with Gasteiger partial charge in [0.15, 0.2) is 0 Å². The van der Waals surface area contributed by atoms with Gasteiger partial charge in [-0.15, -0.1) is 0 Å². The van der Waals surface area contributed by atoms with Crippen LogP contribution >= 0.6 is 0 Å². The number of ether oxygens (including phenoxy) is 6. The third kappa shape index (κ3) is 12.1. The van der Waals surface area contributed by atoms with Gasteiger partial charge in [-0.3, -0.25) is 28.9 Å². The van der Waals surface area contributed by atoms with Crippen LogP contribution in [0.4, 0.5) is 15.3 Å². The molecule has 1 aromatic rings. The van der Waals surface area contributed by atoms with Gasteiger partial charge in [0.1, 0.15) is 12.6 Å². The van der Waals surface area contributed by atoms with Crippen LogP contribution in [0.5, 0.6) is 0 Å². The Labute approximate surface area is 311 Å². The molecule has 53 heavy (non-hydrogen) atoms. The first-order valence-corrected chi connectivity index (χ1v) is 18.1. The second kappa shape index (κ2) is 19.8. The molecular weight excluding hydrogens is 694 g/mol. The van der Waals surface area contributed by atoms with Crippen LogP contribution in [0.25, 0.3) is 0 Å². The molecule has 1 saturated carbocycles. The molecule has 1 aliphatic heterocycles. The summed E-state index contributed by atoms with van der Waals surface area (Å²) in [5, 5.41) is 2.93. The number of hydrogen-bond donors (Lipinski definition) is 1.